The summed E-state index contributed by atoms with van der Waals surface area (Å²) < 4.78 is 5.20. The van der Waals surface area contributed by atoms with E-state index in [0.717, 1.165) is 19.5 Å². The second-order valence-electron chi connectivity index (χ2n) is 6.76. The second-order valence-corrected chi connectivity index (χ2v) is 6.76. The summed E-state index contributed by atoms with van der Waals surface area (Å²) in [5.41, 5.74) is 0.699. The standard InChI is InChI=1S/C19H30N4O3/c1-5-20-19(21-11-14-10-16(26-4)6-7-17(14)24)22-15-8-9-23(12-15)18(25)13(2)3/h6-7,10,13,15,24H,5,8-9,11-12H2,1-4H3,(H2,20,21,22). The van der Waals surface area contributed by atoms with Gasteiger partial charge >= 0.3 is 0 Å². The number of nitrogens with zero attached hydrogens (tertiary/aromatic N) is 2. The minimum Gasteiger partial charge on any atom is -0.508 e. The highest BCUT2D eigenvalue weighted by molar-refractivity contribution is 5.81. The number of carbonyl (C=O) groups is 1. The number of amides is 1. The molecule has 1 heterocycles. The predicted molar refractivity (Wildman–Crippen MR) is 102 cm³/mol. The number of nitrogens with one attached hydrogen (secondary N) is 2. The van der Waals surface area contributed by atoms with Crippen LogP contribution in [0.2, 0.25) is 0 Å². The Kier molecular flexibility index (Phi) is 7.12. The normalized spacial score (nSPS) is 17.5. The second kappa shape index (κ2) is 9.31. The molecule has 1 aromatic rings. The molecule has 2 rings (SSSR count). The molecule has 7 heteroatoms. The van der Waals surface area contributed by atoms with E-state index in [2.05, 4.69) is 15.6 Å². The third kappa shape index (κ3) is 5.28. The number of hydrogen-bond acceptors (Lipinski definition) is 4. The zero-order valence-corrected chi connectivity index (χ0v) is 16.1. The molecule has 1 aliphatic rings. The van der Waals surface area contributed by atoms with Gasteiger partial charge < -0.3 is 25.4 Å². The maximum absolute atomic E-state index is 12.1. The van der Waals surface area contributed by atoms with Crippen LogP contribution < -0.4 is 15.4 Å². The van der Waals surface area contributed by atoms with Crippen LogP contribution in [0.25, 0.3) is 0 Å². The molecular formula is C19H30N4O3. The number of rotatable bonds is 6. The van der Waals surface area contributed by atoms with E-state index in [1.165, 1.54) is 0 Å². The molecule has 0 radical (unpaired) electrons. The van der Waals surface area contributed by atoms with Gasteiger partial charge in [-0.3, -0.25) is 4.79 Å². The minimum atomic E-state index is 0.0201. The van der Waals surface area contributed by atoms with Crippen molar-refractivity contribution in [2.75, 3.05) is 26.7 Å². The number of hydrogen-bond donors (Lipinski definition) is 3. The van der Waals surface area contributed by atoms with Crippen LogP contribution in [0, 0.1) is 5.92 Å². The molecule has 1 unspecified atom stereocenters. The molecule has 0 saturated carbocycles. The Bertz CT molecular complexity index is 646. The highest BCUT2D eigenvalue weighted by Gasteiger charge is 2.27. The van der Waals surface area contributed by atoms with Crippen molar-refractivity contribution < 1.29 is 14.6 Å². The zero-order chi connectivity index (χ0) is 19.1. The molecule has 0 aromatic heterocycles. The van der Waals surface area contributed by atoms with Crippen molar-refractivity contribution in [2.45, 2.75) is 39.8 Å². The third-order valence-corrected chi connectivity index (χ3v) is 4.37. The molecule has 0 aliphatic carbocycles. The van der Waals surface area contributed by atoms with Crippen LogP contribution in [0.1, 0.15) is 32.8 Å². The molecule has 1 aliphatic heterocycles. The first kappa shape index (κ1) is 19.9. The van der Waals surface area contributed by atoms with Crippen LogP contribution in [0.4, 0.5) is 0 Å². The van der Waals surface area contributed by atoms with Gasteiger partial charge in [0.15, 0.2) is 5.96 Å². The Labute approximate surface area is 155 Å². The fraction of sp³-hybridized carbons (Fsp3) is 0.579. The molecule has 1 aromatic carbocycles. The summed E-state index contributed by atoms with van der Waals surface area (Å²) >= 11 is 0. The van der Waals surface area contributed by atoms with Crippen molar-refractivity contribution in [3.63, 3.8) is 0 Å². The average Bonchev–Trinajstić information content (AvgIpc) is 3.08. The van der Waals surface area contributed by atoms with Gasteiger partial charge in [-0.1, -0.05) is 13.8 Å². The van der Waals surface area contributed by atoms with Gasteiger partial charge in [-0.25, -0.2) is 4.99 Å². The Morgan fingerprint density at radius 1 is 1.46 bits per heavy atom. The number of aromatic hydroxyl groups is 1. The van der Waals surface area contributed by atoms with Gasteiger partial charge in [-0.05, 0) is 31.5 Å². The first-order valence-electron chi connectivity index (χ1n) is 9.14. The first-order valence-corrected chi connectivity index (χ1v) is 9.14. The predicted octanol–water partition coefficient (Wildman–Crippen LogP) is 1.71. The monoisotopic (exact) mass is 362 g/mol. The quantitative estimate of drug-likeness (QED) is 0.530. The summed E-state index contributed by atoms with van der Waals surface area (Å²) in [5.74, 6) is 1.77. The Morgan fingerprint density at radius 3 is 2.88 bits per heavy atom. The third-order valence-electron chi connectivity index (χ3n) is 4.37. The Hall–Kier alpha value is -2.44. The van der Waals surface area contributed by atoms with Crippen molar-refractivity contribution in [2.24, 2.45) is 10.9 Å². The molecule has 1 fully saturated rings. The fourth-order valence-electron chi connectivity index (χ4n) is 2.94. The van der Waals surface area contributed by atoms with Crippen LogP contribution in [0.5, 0.6) is 11.5 Å². The van der Waals surface area contributed by atoms with Crippen molar-refractivity contribution >= 4 is 11.9 Å². The van der Waals surface area contributed by atoms with Crippen LogP contribution >= 0.6 is 0 Å². The van der Waals surface area contributed by atoms with E-state index in [9.17, 15) is 9.90 Å². The number of aliphatic imine (C=N–C) groups is 1. The van der Waals surface area contributed by atoms with E-state index in [1.807, 2.05) is 25.7 Å². The summed E-state index contributed by atoms with van der Waals surface area (Å²) in [5, 5.41) is 16.6. The lowest BCUT2D eigenvalue weighted by molar-refractivity contribution is -0.133. The van der Waals surface area contributed by atoms with E-state index in [0.29, 0.717) is 30.4 Å². The van der Waals surface area contributed by atoms with Crippen LogP contribution in [0.15, 0.2) is 23.2 Å². The summed E-state index contributed by atoms with van der Waals surface area (Å²) in [4.78, 5) is 18.6. The van der Waals surface area contributed by atoms with E-state index in [-0.39, 0.29) is 23.6 Å². The van der Waals surface area contributed by atoms with E-state index < -0.39 is 0 Å². The topological polar surface area (TPSA) is 86.2 Å². The smallest absolute Gasteiger partial charge is 0.225 e. The molecule has 7 nitrogen and oxygen atoms in total. The van der Waals surface area contributed by atoms with Crippen LogP contribution in [0.3, 0.4) is 0 Å². The number of methoxy groups -OCH3 is 1. The molecule has 0 spiro atoms. The van der Waals surface area contributed by atoms with E-state index >= 15 is 0 Å². The van der Waals surface area contributed by atoms with Crippen LogP contribution in [-0.2, 0) is 11.3 Å². The molecule has 1 saturated heterocycles. The molecule has 1 amide bonds. The highest BCUT2D eigenvalue weighted by Crippen LogP contribution is 2.23. The maximum Gasteiger partial charge on any atom is 0.225 e. The van der Waals surface area contributed by atoms with Gasteiger partial charge in [0.2, 0.25) is 5.91 Å². The lowest BCUT2D eigenvalue weighted by Crippen LogP contribution is -2.45. The molecule has 26 heavy (non-hydrogen) atoms. The molecule has 1 atom stereocenters. The van der Waals surface area contributed by atoms with E-state index in [4.69, 9.17) is 4.74 Å². The van der Waals surface area contributed by atoms with E-state index in [1.54, 1.807) is 25.3 Å². The summed E-state index contributed by atoms with van der Waals surface area (Å²) in [6, 6.07) is 5.27. The molecule has 3 N–H and O–H groups in total. The van der Waals surface area contributed by atoms with Crippen molar-refractivity contribution in [3.05, 3.63) is 23.8 Å². The fourth-order valence-corrected chi connectivity index (χ4v) is 2.94. The Balaban J connectivity index is 2.00. The van der Waals surface area contributed by atoms with Gasteiger partial charge in [0.05, 0.1) is 13.7 Å². The van der Waals surface area contributed by atoms with Gasteiger partial charge in [0.1, 0.15) is 11.5 Å². The van der Waals surface area contributed by atoms with Gasteiger partial charge in [-0.2, -0.15) is 0 Å². The first-order chi connectivity index (χ1) is 12.4. The maximum atomic E-state index is 12.1. The average molecular weight is 362 g/mol. The summed E-state index contributed by atoms with van der Waals surface area (Å²) in [6.45, 7) is 8.38. The van der Waals surface area contributed by atoms with Gasteiger partial charge in [0.25, 0.3) is 0 Å². The summed E-state index contributed by atoms with van der Waals surface area (Å²) in [7, 11) is 1.59. The lowest BCUT2D eigenvalue weighted by atomic mass is 10.2. The number of benzene rings is 1. The molecule has 0 bridgehead atoms. The zero-order valence-electron chi connectivity index (χ0n) is 16.1. The van der Waals surface area contributed by atoms with Crippen molar-refractivity contribution in [1.82, 2.24) is 15.5 Å². The molecular weight excluding hydrogens is 332 g/mol. The highest BCUT2D eigenvalue weighted by atomic mass is 16.5. The SMILES string of the molecule is CCNC(=NCc1cc(OC)ccc1O)NC1CCN(C(=O)C(C)C)C1. The van der Waals surface area contributed by atoms with Crippen LogP contribution in [-0.4, -0.2) is 54.7 Å². The van der Waals surface area contributed by atoms with Crippen molar-refractivity contribution in [1.29, 1.82) is 0 Å². The van der Waals surface area contributed by atoms with Gasteiger partial charge in [0, 0.05) is 37.2 Å². The lowest BCUT2D eigenvalue weighted by Gasteiger charge is -2.20. The number of phenols is 1. The Morgan fingerprint density at radius 2 is 2.23 bits per heavy atom. The summed E-state index contributed by atoms with van der Waals surface area (Å²) in [6.07, 6.45) is 0.896. The molecule has 144 valence electrons. The number of carbonyl (C=O) groups excluding carboxylic acids is 1. The van der Waals surface area contributed by atoms with Gasteiger partial charge in [-0.15, -0.1) is 0 Å². The van der Waals surface area contributed by atoms with Crippen molar-refractivity contribution in [3.8, 4) is 11.5 Å². The number of ether oxygens (including phenoxy) is 1. The number of guanidine groups is 1. The largest absolute Gasteiger partial charge is 0.508 e. The number of likely N-dealkylation sites (tertiary alicyclic amines) is 1. The minimum absolute atomic E-state index is 0.0201. The number of phenolic OH excluding ortho intramolecular Hbond substituents is 1.